The number of benzene rings is 2. The van der Waals surface area contributed by atoms with E-state index in [-0.39, 0.29) is 6.04 Å². The van der Waals surface area contributed by atoms with Crippen LogP contribution in [0.5, 0.6) is 0 Å². The van der Waals surface area contributed by atoms with Crippen molar-refractivity contribution in [1.29, 1.82) is 0 Å². The van der Waals surface area contributed by atoms with Gasteiger partial charge in [-0.25, -0.2) is 5.43 Å². The van der Waals surface area contributed by atoms with Crippen molar-refractivity contribution in [2.75, 3.05) is 0 Å². The van der Waals surface area contributed by atoms with Crippen molar-refractivity contribution in [3.63, 3.8) is 0 Å². The van der Waals surface area contributed by atoms with Crippen LogP contribution in [0.15, 0.2) is 46.9 Å². The molecule has 1 unspecified atom stereocenters. The lowest BCUT2D eigenvalue weighted by molar-refractivity contribution is 0.636. The Labute approximate surface area is 129 Å². The number of aryl methyl sites for hydroxylation is 2. The number of halogens is 1. The molecule has 0 fully saturated rings. The molecule has 0 aliphatic carbocycles. The minimum Gasteiger partial charge on any atom is -0.271 e. The van der Waals surface area contributed by atoms with Crippen LogP contribution in [0, 0.1) is 6.92 Å². The Morgan fingerprint density at radius 3 is 2.35 bits per heavy atom. The Bertz CT molecular complexity index is 543. The van der Waals surface area contributed by atoms with Crippen molar-refractivity contribution in [2.24, 2.45) is 5.84 Å². The second-order valence-electron chi connectivity index (χ2n) is 5.15. The molecule has 0 radical (unpaired) electrons. The summed E-state index contributed by atoms with van der Waals surface area (Å²) in [4.78, 5) is 0. The van der Waals surface area contributed by atoms with Crippen molar-refractivity contribution in [1.82, 2.24) is 5.43 Å². The number of hydrogen-bond acceptors (Lipinski definition) is 2. The predicted octanol–water partition coefficient (Wildman–Crippen LogP) is 4.26. The predicted molar refractivity (Wildman–Crippen MR) is 88.5 cm³/mol. The molecule has 20 heavy (non-hydrogen) atoms. The quantitative estimate of drug-likeness (QED) is 0.634. The summed E-state index contributed by atoms with van der Waals surface area (Å²) < 4.78 is 1.08. The second-order valence-corrected chi connectivity index (χ2v) is 6.07. The van der Waals surface area contributed by atoms with Crippen molar-refractivity contribution < 1.29 is 0 Å². The summed E-state index contributed by atoms with van der Waals surface area (Å²) in [6.45, 7) is 4.29. The largest absolute Gasteiger partial charge is 0.271 e. The van der Waals surface area contributed by atoms with Crippen LogP contribution in [0.1, 0.15) is 41.6 Å². The lowest BCUT2D eigenvalue weighted by atomic mass is 9.96. The first-order valence-corrected chi connectivity index (χ1v) is 7.75. The van der Waals surface area contributed by atoms with Gasteiger partial charge in [-0.3, -0.25) is 5.84 Å². The zero-order valence-electron chi connectivity index (χ0n) is 12.0. The molecule has 0 spiro atoms. The summed E-state index contributed by atoms with van der Waals surface area (Å²) in [5.74, 6) is 5.77. The van der Waals surface area contributed by atoms with Gasteiger partial charge in [-0.05, 0) is 47.7 Å². The molecule has 3 heteroatoms. The van der Waals surface area contributed by atoms with Crippen molar-refractivity contribution in [2.45, 2.75) is 32.7 Å². The average molecular weight is 333 g/mol. The molecule has 0 amide bonds. The van der Waals surface area contributed by atoms with Crippen LogP contribution in [-0.2, 0) is 6.42 Å². The molecule has 0 saturated heterocycles. The molecule has 0 aromatic heterocycles. The van der Waals surface area contributed by atoms with Crippen molar-refractivity contribution >= 4 is 15.9 Å². The van der Waals surface area contributed by atoms with Crippen LogP contribution in [0.4, 0.5) is 0 Å². The Kier molecular flexibility index (Phi) is 5.35. The van der Waals surface area contributed by atoms with Crippen LogP contribution >= 0.6 is 15.9 Å². The summed E-state index contributed by atoms with van der Waals surface area (Å²) in [5, 5.41) is 0. The smallest absolute Gasteiger partial charge is 0.0710 e. The molecular formula is C17H21BrN2. The van der Waals surface area contributed by atoms with Crippen molar-refractivity contribution in [3.05, 3.63) is 69.2 Å². The molecule has 2 aromatic rings. The van der Waals surface area contributed by atoms with Gasteiger partial charge in [0.2, 0.25) is 0 Å². The molecule has 2 rings (SSSR count). The highest BCUT2D eigenvalue weighted by atomic mass is 79.9. The number of hydrazine groups is 1. The minimum atomic E-state index is 0.0156. The van der Waals surface area contributed by atoms with Gasteiger partial charge < -0.3 is 0 Å². The van der Waals surface area contributed by atoms with E-state index in [1.54, 1.807) is 0 Å². The Balaban J connectivity index is 2.31. The van der Waals surface area contributed by atoms with E-state index in [1.165, 1.54) is 28.7 Å². The minimum absolute atomic E-state index is 0.0156. The molecule has 3 N–H and O–H groups in total. The molecule has 106 valence electrons. The molecule has 1 atom stereocenters. The van der Waals surface area contributed by atoms with E-state index in [4.69, 9.17) is 5.84 Å². The van der Waals surface area contributed by atoms with Crippen LogP contribution in [0.2, 0.25) is 0 Å². The third-order valence-electron chi connectivity index (χ3n) is 3.42. The summed E-state index contributed by atoms with van der Waals surface area (Å²) in [5.41, 5.74) is 7.87. The van der Waals surface area contributed by atoms with E-state index in [0.717, 1.165) is 10.9 Å². The summed E-state index contributed by atoms with van der Waals surface area (Å²) >= 11 is 3.55. The Morgan fingerprint density at radius 2 is 1.80 bits per heavy atom. The maximum atomic E-state index is 5.77. The second kappa shape index (κ2) is 7.02. The van der Waals surface area contributed by atoms with E-state index in [1.807, 2.05) is 0 Å². The average Bonchev–Trinajstić information content (AvgIpc) is 2.41. The highest BCUT2D eigenvalue weighted by Gasteiger charge is 2.13. The zero-order chi connectivity index (χ0) is 14.5. The van der Waals surface area contributed by atoms with E-state index in [9.17, 15) is 0 Å². The van der Waals surface area contributed by atoms with Gasteiger partial charge in [0.25, 0.3) is 0 Å². The lowest BCUT2D eigenvalue weighted by Crippen LogP contribution is -2.28. The van der Waals surface area contributed by atoms with Crippen molar-refractivity contribution in [3.8, 4) is 0 Å². The lowest BCUT2D eigenvalue weighted by Gasteiger charge is -2.18. The van der Waals surface area contributed by atoms with Gasteiger partial charge in [-0.15, -0.1) is 0 Å². The van der Waals surface area contributed by atoms with Gasteiger partial charge in [-0.2, -0.15) is 0 Å². The molecule has 0 heterocycles. The van der Waals surface area contributed by atoms with Gasteiger partial charge in [0, 0.05) is 4.47 Å². The summed E-state index contributed by atoms with van der Waals surface area (Å²) in [6, 6.07) is 15.1. The van der Waals surface area contributed by atoms with E-state index >= 15 is 0 Å². The Morgan fingerprint density at radius 1 is 1.10 bits per heavy atom. The third kappa shape index (κ3) is 3.69. The fourth-order valence-corrected chi connectivity index (χ4v) is 3.11. The molecule has 0 aliphatic rings. The molecular weight excluding hydrogens is 312 g/mol. The van der Waals surface area contributed by atoms with E-state index in [0.29, 0.717) is 0 Å². The molecule has 0 aliphatic heterocycles. The van der Waals surface area contributed by atoms with Gasteiger partial charge in [0.05, 0.1) is 6.04 Å². The van der Waals surface area contributed by atoms with Crippen LogP contribution < -0.4 is 11.3 Å². The number of nitrogens with one attached hydrogen (secondary N) is 1. The normalized spacial score (nSPS) is 12.4. The number of nitrogens with two attached hydrogens (primary N) is 1. The first-order chi connectivity index (χ1) is 9.63. The zero-order valence-corrected chi connectivity index (χ0v) is 13.6. The summed E-state index contributed by atoms with van der Waals surface area (Å²) in [6.07, 6.45) is 2.29. The SMILES string of the molecule is CCCc1ccc(C(NN)c2cc(C)cc(Br)c2)cc1. The van der Waals surface area contributed by atoms with Gasteiger partial charge in [0.1, 0.15) is 0 Å². The fourth-order valence-electron chi connectivity index (χ4n) is 2.48. The monoisotopic (exact) mass is 332 g/mol. The standard InChI is InChI=1S/C17H21BrN2/c1-3-4-13-5-7-14(8-6-13)17(20-19)15-9-12(2)10-16(18)11-15/h5-11,17,20H,3-4,19H2,1-2H3. The van der Waals surface area contributed by atoms with Crippen LogP contribution in [0.25, 0.3) is 0 Å². The van der Waals surface area contributed by atoms with Crippen LogP contribution in [0.3, 0.4) is 0 Å². The maximum absolute atomic E-state index is 5.77. The highest BCUT2D eigenvalue weighted by molar-refractivity contribution is 9.10. The summed E-state index contributed by atoms with van der Waals surface area (Å²) in [7, 11) is 0. The number of rotatable bonds is 5. The first kappa shape index (κ1) is 15.2. The van der Waals surface area contributed by atoms with Gasteiger partial charge >= 0.3 is 0 Å². The van der Waals surface area contributed by atoms with E-state index in [2.05, 4.69) is 77.7 Å². The highest BCUT2D eigenvalue weighted by Crippen LogP contribution is 2.26. The molecule has 0 saturated carbocycles. The molecule has 0 bridgehead atoms. The van der Waals surface area contributed by atoms with E-state index < -0.39 is 0 Å². The fraction of sp³-hybridized carbons (Fsp3) is 0.294. The topological polar surface area (TPSA) is 38.0 Å². The first-order valence-electron chi connectivity index (χ1n) is 6.96. The number of hydrogen-bond donors (Lipinski definition) is 2. The Hall–Kier alpha value is -1.16. The van der Waals surface area contributed by atoms with Gasteiger partial charge in [0.15, 0.2) is 0 Å². The maximum Gasteiger partial charge on any atom is 0.0710 e. The third-order valence-corrected chi connectivity index (χ3v) is 3.87. The molecule has 2 aromatic carbocycles. The van der Waals surface area contributed by atoms with Crippen LogP contribution in [-0.4, -0.2) is 0 Å². The van der Waals surface area contributed by atoms with Gasteiger partial charge in [-0.1, -0.05) is 59.6 Å². The molecule has 2 nitrogen and oxygen atoms in total.